The number of aryl methyl sites for hydroxylation is 1. The van der Waals surface area contributed by atoms with Crippen molar-refractivity contribution in [3.63, 3.8) is 0 Å². The van der Waals surface area contributed by atoms with Crippen molar-refractivity contribution in [2.75, 3.05) is 26.7 Å². The van der Waals surface area contributed by atoms with Crippen molar-refractivity contribution in [1.29, 1.82) is 0 Å². The molecule has 0 aliphatic carbocycles. The Labute approximate surface area is 160 Å². The number of aliphatic hydroxyl groups excluding tert-OH is 1. The number of aromatic nitrogens is 3. The van der Waals surface area contributed by atoms with Gasteiger partial charge in [-0.25, -0.2) is 9.67 Å². The fourth-order valence-corrected chi connectivity index (χ4v) is 4.43. The van der Waals surface area contributed by atoms with E-state index in [0.717, 1.165) is 31.2 Å². The minimum atomic E-state index is 0.0892. The highest BCUT2D eigenvalue weighted by Gasteiger charge is 2.22. The lowest BCUT2D eigenvalue weighted by molar-refractivity contribution is 0.217. The quantitative estimate of drug-likeness (QED) is 0.754. The summed E-state index contributed by atoms with van der Waals surface area (Å²) in [6, 6.07) is 8.59. The minimum Gasteiger partial charge on any atom is -0.394 e. The molecule has 6 heteroatoms. The van der Waals surface area contributed by atoms with E-state index in [2.05, 4.69) is 50.1 Å². The summed E-state index contributed by atoms with van der Waals surface area (Å²) in [5.41, 5.74) is 1.27. The van der Waals surface area contributed by atoms with Gasteiger partial charge in [-0.15, -0.1) is 11.8 Å². The second-order valence-electron chi connectivity index (χ2n) is 7.36. The maximum absolute atomic E-state index is 9.41. The molecule has 0 amide bonds. The first-order valence-corrected chi connectivity index (χ1v) is 10.4. The van der Waals surface area contributed by atoms with Crippen molar-refractivity contribution in [3.05, 3.63) is 41.5 Å². The second kappa shape index (κ2) is 9.02. The number of nitrogens with zero attached hydrogens (tertiary/aromatic N) is 4. The number of aliphatic hydroxyl groups is 1. The molecule has 1 N–H and O–H groups in total. The van der Waals surface area contributed by atoms with E-state index >= 15 is 0 Å². The van der Waals surface area contributed by atoms with Gasteiger partial charge < -0.3 is 10.0 Å². The molecule has 1 fully saturated rings. The lowest BCUT2D eigenvalue weighted by Gasteiger charge is -2.28. The first-order chi connectivity index (χ1) is 12.5. The van der Waals surface area contributed by atoms with Crippen LogP contribution >= 0.6 is 11.8 Å². The zero-order valence-corrected chi connectivity index (χ0v) is 16.9. The van der Waals surface area contributed by atoms with E-state index < -0.39 is 0 Å². The van der Waals surface area contributed by atoms with Crippen molar-refractivity contribution in [2.24, 2.45) is 5.92 Å². The van der Waals surface area contributed by atoms with Gasteiger partial charge in [-0.05, 0) is 64.9 Å². The smallest absolute Gasteiger partial charge is 0.151 e. The van der Waals surface area contributed by atoms with E-state index in [0.29, 0.717) is 12.5 Å². The number of piperidine rings is 1. The van der Waals surface area contributed by atoms with Crippen LogP contribution < -0.4 is 0 Å². The third-order valence-electron chi connectivity index (χ3n) is 5.06. The Hall–Kier alpha value is -1.37. The molecule has 0 saturated carbocycles. The van der Waals surface area contributed by atoms with Gasteiger partial charge in [0.1, 0.15) is 5.82 Å². The molecule has 26 heavy (non-hydrogen) atoms. The van der Waals surface area contributed by atoms with Crippen LogP contribution in [0.4, 0.5) is 0 Å². The highest BCUT2D eigenvalue weighted by atomic mass is 32.2. The fraction of sp³-hybridized carbons (Fsp3) is 0.600. The number of likely N-dealkylation sites (tertiary alicyclic amines) is 1. The van der Waals surface area contributed by atoms with Gasteiger partial charge in [0.25, 0.3) is 0 Å². The number of benzene rings is 1. The molecule has 1 aliphatic rings. The first-order valence-electron chi connectivity index (χ1n) is 9.51. The first kappa shape index (κ1) is 19.4. The average molecular weight is 375 g/mol. The van der Waals surface area contributed by atoms with E-state index in [4.69, 9.17) is 10.1 Å². The Morgan fingerprint density at radius 1 is 1.23 bits per heavy atom. The summed E-state index contributed by atoms with van der Waals surface area (Å²) >= 11 is 1.79. The Balaban J connectivity index is 1.70. The Morgan fingerprint density at radius 3 is 2.58 bits per heavy atom. The molecular weight excluding hydrogens is 344 g/mol. The van der Waals surface area contributed by atoms with Crippen molar-refractivity contribution >= 4 is 11.8 Å². The maximum Gasteiger partial charge on any atom is 0.151 e. The van der Waals surface area contributed by atoms with Crippen molar-refractivity contribution < 1.29 is 5.11 Å². The summed E-state index contributed by atoms with van der Waals surface area (Å²) < 4.78 is 1.90. The molecule has 0 spiro atoms. The molecule has 2 aromatic rings. The molecule has 0 radical (unpaired) electrons. The lowest BCUT2D eigenvalue weighted by Crippen LogP contribution is -2.31. The molecule has 142 valence electrons. The predicted molar refractivity (Wildman–Crippen MR) is 106 cm³/mol. The Bertz CT molecular complexity index is 692. The van der Waals surface area contributed by atoms with Crippen molar-refractivity contribution in [3.8, 4) is 0 Å². The predicted octanol–water partition coefficient (Wildman–Crippen LogP) is 3.32. The van der Waals surface area contributed by atoms with E-state index in [1.807, 2.05) is 4.68 Å². The number of hydrogen-bond acceptors (Lipinski definition) is 5. The van der Waals surface area contributed by atoms with Crippen LogP contribution in [0.3, 0.4) is 0 Å². The zero-order valence-electron chi connectivity index (χ0n) is 16.1. The van der Waals surface area contributed by atoms with Gasteiger partial charge in [-0.3, -0.25) is 0 Å². The summed E-state index contributed by atoms with van der Waals surface area (Å²) in [4.78, 5) is 8.49. The SMILES string of the molecule is Cc1ccc(S[C@H](C)c2nc(CC3CCN(C)CC3)nn2CCO)cc1. The van der Waals surface area contributed by atoms with Gasteiger partial charge in [0.2, 0.25) is 0 Å². The highest BCUT2D eigenvalue weighted by Crippen LogP contribution is 2.34. The third-order valence-corrected chi connectivity index (χ3v) is 6.17. The number of thioether (sulfide) groups is 1. The van der Waals surface area contributed by atoms with Crippen molar-refractivity contribution in [1.82, 2.24) is 19.7 Å². The van der Waals surface area contributed by atoms with Crippen LogP contribution in [0.5, 0.6) is 0 Å². The molecule has 1 saturated heterocycles. The summed E-state index contributed by atoms with van der Waals surface area (Å²) in [5.74, 6) is 2.57. The maximum atomic E-state index is 9.41. The monoisotopic (exact) mass is 374 g/mol. The standard InChI is InChI=1S/C20H30N4OS/c1-15-4-6-18(7-5-15)26-16(2)20-21-19(22-24(20)12-13-25)14-17-8-10-23(3)11-9-17/h4-7,16-17,25H,8-14H2,1-3H3/t16-/m1/s1. The molecule has 1 aromatic carbocycles. The van der Waals surface area contributed by atoms with Gasteiger partial charge in [-0.2, -0.15) is 5.10 Å². The summed E-state index contributed by atoms with van der Waals surface area (Å²) in [7, 11) is 2.19. The second-order valence-corrected chi connectivity index (χ2v) is 8.77. The topological polar surface area (TPSA) is 54.2 Å². The van der Waals surface area contributed by atoms with Crippen LogP contribution in [0.25, 0.3) is 0 Å². The summed E-state index contributed by atoms with van der Waals surface area (Å²) in [6.07, 6.45) is 3.38. The molecule has 0 bridgehead atoms. The number of rotatable bonds is 7. The lowest BCUT2D eigenvalue weighted by atomic mass is 9.94. The van der Waals surface area contributed by atoms with Crippen LogP contribution in [-0.4, -0.2) is 51.5 Å². The van der Waals surface area contributed by atoms with Gasteiger partial charge in [-0.1, -0.05) is 17.7 Å². The molecule has 2 heterocycles. The summed E-state index contributed by atoms with van der Waals surface area (Å²) in [6.45, 7) is 7.19. The van der Waals surface area contributed by atoms with Gasteiger partial charge in [0, 0.05) is 11.3 Å². The van der Waals surface area contributed by atoms with Crippen LogP contribution in [0, 0.1) is 12.8 Å². The molecule has 0 unspecified atom stereocenters. The van der Waals surface area contributed by atoms with Crippen molar-refractivity contribution in [2.45, 2.75) is 49.8 Å². The van der Waals surface area contributed by atoms with Gasteiger partial charge in [0.05, 0.1) is 18.4 Å². The van der Waals surface area contributed by atoms with Crippen LogP contribution in [-0.2, 0) is 13.0 Å². The van der Waals surface area contributed by atoms with Crippen LogP contribution in [0.15, 0.2) is 29.2 Å². The molecule has 5 nitrogen and oxygen atoms in total. The number of hydrogen-bond donors (Lipinski definition) is 1. The van der Waals surface area contributed by atoms with Crippen LogP contribution in [0.1, 0.15) is 42.2 Å². The fourth-order valence-electron chi connectivity index (χ4n) is 3.45. The van der Waals surface area contributed by atoms with Gasteiger partial charge >= 0.3 is 0 Å². The Morgan fingerprint density at radius 2 is 1.92 bits per heavy atom. The average Bonchev–Trinajstić information content (AvgIpc) is 3.02. The van der Waals surface area contributed by atoms with E-state index in [1.165, 1.54) is 23.3 Å². The van der Waals surface area contributed by atoms with E-state index in [1.54, 1.807) is 11.8 Å². The van der Waals surface area contributed by atoms with Gasteiger partial charge in [0.15, 0.2) is 5.82 Å². The summed E-state index contributed by atoms with van der Waals surface area (Å²) in [5, 5.41) is 14.3. The van der Waals surface area contributed by atoms with E-state index in [9.17, 15) is 5.11 Å². The highest BCUT2D eigenvalue weighted by molar-refractivity contribution is 7.99. The normalized spacial score (nSPS) is 17.5. The Kier molecular flexibility index (Phi) is 6.73. The van der Waals surface area contributed by atoms with E-state index in [-0.39, 0.29) is 11.9 Å². The van der Waals surface area contributed by atoms with Crippen LogP contribution in [0.2, 0.25) is 0 Å². The third kappa shape index (κ3) is 5.09. The molecule has 1 atom stereocenters. The largest absolute Gasteiger partial charge is 0.394 e. The molecule has 1 aromatic heterocycles. The molecule has 1 aliphatic heterocycles. The minimum absolute atomic E-state index is 0.0892. The zero-order chi connectivity index (χ0) is 18.5. The molecule has 3 rings (SSSR count). The molecular formula is C20H30N4OS.